The molecule has 11 heteroatoms. The molecule has 2 aromatic heterocycles. The number of aliphatic hydroxyl groups is 1. The summed E-state index contributed by atoms with van der Waals surface area (Å²) in [7, 11) is 1.52. The first-order valence-corrected chi connectivity index (χ1v) is 10.9. The molecule has 0 amide bonds. The SMILES string of the molecule is COCCn1c(-c2ccc(Cl)s2)nn(CC(=O)CC(CO)c2cccc(Cl)c2F)c1=O. The Balaban J connectivity index is 1.84. The highest BCUT2D eigenvalue weighted by molar-refractivity contribution is 7.19. The van der Waals surface area contributed by atoms with Gasteiger partial charge in [-0.15, -0.1) is 16.4 Å². The summed E-state index contributed by atoms with van der Waals surface area (Å²) in [5.74, 6) is -1.46. The van der Waals surface area contributed by atoms with Crippen LogP contribution in [0.2, 0.25) is 9.36 Å². The first kappa shape index (κ1) is 23.6. The summed E-state index contributed by atoms with van der Waals surface area (Å²) in [6, 6.07) is 7.85. The molecule has 0 aliphatic rings. The molecule has 1 aromatic carbocycles. The summed E-state index contributed by atoms with van der Waals surface area (Å²) in [5.41, 5.74) is -0.324. The summed E-state index contributed by atoms with van der Waals surface area (Å²) >= 11 is 13.1. The van der Waals surface area contributed by atoms with Crippen LogP contribution in [-0.2, 0) is 22.6 Å². The molecule has 1 atom stereocenters. The number of thiophene rings is 1. The van der Waals surface area contributed by atoms with Crippen LogP contribution in [0.5, 0.6) is 0 Å². The second-order valence-corrected chi connectivity index (χ2v) is 8.90. The number of carbonyl (C=O) groups is 1. The van der Waals surface area contributed by atoms with Crippen LogP contribution in [0.25, 0.3) is 10.7 Å². The minimum atomic E-state index is -0.784. The van der Waals surface area contributed by atoms with Crippen molar-refractivity contribution < 1.29 is 19.0 Å². The lowest BCUT2D eigenvalue weighted by Crippen LogP contribution is -2.29. The Morgan fingerprint density at radius 2 is 2.10 bits per heavy atom. The number of benzene rings is 1. The second kappa shape index (κ2) is 10.5. The van der Waals surface area contributed by atoms with E-state index in [9.17, 15) is 19.1 Å². The molecular formula is C20H20Cl2FN3O4S. The van der Waals surface area contributed by atoms with E-state index in [1.54, 1.807) is 18.2 Å². The van der Waals surface area contributed by atoms with Gasteiger partial charge < -0.3 is 9.84 Å². The van der Waals surface area contributed by atoms with Crippen LogP contribution in [0.1, 0.15) is 17.9 Å². The average molecular weight is 488 g/mol. The van der Waals surface area contributed by atoms with E-state index in [1.165, 1.54) is 35.1 Å². The number of rotatable bonds is 10. The van der Waals surface area contributed by atoms with Gasteiger partial charge in [0.15, 0.2) is 11.6 Å². The maximum absolute atomic E-state index is 14.3. The van der Waals surface area contributed by atoms with Crippen molar-refractivity contribution in [3.63, 3.8) is 0 Å². The molecule has 0 fully saturated rings. The van der Waals surface area contributed by atoms with E-state index in [1.807, 2.05) is 0 Å². The van der Waals surface area contributed by atoms with Gasteiger partial charge in [-0.1, -0.05) is 35.3 Å². The van der Waals surface area contributed by atoms with Crippen LogP contribution in [0.4, 0.5) is 4.39 Å². The number of hydrogen-bond donors (Lipinski definition) is 1. The Bertz CT molecular complexity index is 1130. The van der Waals surface area contributed by atoms with Gasteiger partial charge in [0.2, 0.25) is 0 Å². The fourth-order valence-corrected chi connectivity index (χ4v) is 4.38. The van der Waals surface area contributed by atoms with E-state index < -0.39 is 24.0 Å². The minimum absolute atomic E-state index is 0.0873. The molecule has 0 aliphatic heterocycles. The Hall–Kier alpha value is -2.04. The summed E-state index contributed by atoms with van der Waals surface area (Å²) < 4.78 is 22.4. The van der Waals surface area contributed by atoms with Crippen LogP contribution in [0, 0.1) is 5.82 Å². The molecule has 0 bridgehead atoms. The zero-order valence-corrected chi connectivity index (χ0v) is 18.9. The lowest BCUT2D eigenvalue weighted by molar-refractivity contribution is -0.120. The number of nitrogens with zero attached hydrogens (tertiary/aromatic N) is 3. The van der Waals surface area contributed by atoms with E-state index in [0.29, 0.717) is 15.0 Å². The number of hydrogen-bond acceptors (Lipinski definition) is 6. The molecule has 0 saturated carbocycles. The van der Waals surface area contributed by atoms with Crippen LogP contribution in [-0.4, -0.2) is 45.6 Å². The molecule has 31 heavy (non-hydrogen) atoms. The summed E-state index contributed by atoms with van der Waals surface area (Å²) in [5, 5.41) is 13.9. The predicted molar refractivity (Wildman–Crippen MR) is 118 cm³/mol. The van der Waals surface area contributed by atoms with Crippen LogP contribution in [0.15, 0.2) is 35.1 Å². The van der Waals surface area contributed by atoms with Crippen molar-refractivity contribution in [1.82, 2.24) is 14.3 Å². The molecule has 1 N–H and O–H groups in total. The molecule has 0 spiro atoms. The van der Waals surface area contributed by atoms with Gasteiger partial charge in [0.05, 0.1) is 34.0 Å². The zero-order valence-electron chi connectivity index (χ0n) is 16.6. The Kier molecular flexibility index (Phi) is 8.01. The molecule has 166 valence electrons. The molecule has 7 nitrogen and oxygen atoms in total. The number of aromatic nitrogens is 3. The number of ketones is 1. The highest BCUT2D eigenvalue weighted by atomic mass is 35.5. The van der Waals surface area contributed by atoms with E-state index in [4.69, 9.17) is 27.9 Å². The molecule has 3 aromatic rings. The third-order valence-electron chi connectivity index (χ3n) is 4.68. The molecule has 3 rings (SSSR count). The number of halogens is 3. The molecule has 0 saturated heterocycles. The summed E-state index contributed by atoms with van der Waals surface area (Å²) in [6.45, 7) is -0.226. The summed E-state index contributed by atoms with van der Waals surface area (Å²) in [6.07, 6.45) is -0.175. The maximum atomic E-state index is 14.3. The monoisotopic (exact) mass is 487 g/mol. The molecule has 1 unspecified atom stereocenters. The highest BCUT2D eigenvalue weighted by Crippen LogP contribution is 2.30. The fraction of sp³-hybridized carbons (Fsp3) is 0.350. The quantitative estimate of drug-likeness (QED) is 0.472. The maximum Gasteiger partial charge on any atom is 0.346 e. The van der Waals surface area contributed by atoms with E-state index in [0.717, 1.165) is 4.68 Å². The number of ether oxygens (including phenoxy) is 1. The van der Waals surface area contributed by atoms with Crippen molar-refractivity contribution in [2.24, 2.45) is 0 Å². The van der Waals surface area contributed by atoms with Crippen molar-refractivity contribution in [3.05, 3.63) is 61.6 Å². The zero-order chi connectivity index (χ0) is 22.5. The third kappa shape index (κ3) is 5.42. The number of aliphatic hydroxyl groups excluding tert-OH is 1. The smallest absolute Gasteiger partial charge is 0.346 e. The van der Waals surface area contributed by atoms with Crippen molar-refractivity contribution in [3.8, 4) is 10.7 Å². The number of carbonyl (C=O) groups excluding carboxylic acids is 1. The van der Waals surface area contributed by atoms with E-state index in [2.05, 4.69) is 5.10 Å². The van der Waals surface area contributed by atoms with Gasteiger partial charge in [-0.25, -0.2) is 13.9 Å². The second-order valence-electron chi connectivity index (χ2n) is 6.78. The summed E-state index contributed by atoms with van der Waals surface area (Å²) in [4.78, 5) is 26.2. The van der Waals surface area contributed by atoms with Crippen LogP contribution < -0.4 is 5.69 Å². The standard InChI is InChI=1S/C20H20Cl2FN3O4S/c1-30-8-7-25-19(16-5-6-17(22)31-16)24-26(20(25)29)10-13(28)9-12(11-27)14-3-2-4-15(21)18(14)23/h2-6,12,27H,7-11H2,1H3. The Morgan fingerprint density at radius 1 is 1.32 bits per heavy atom. The molecular weight excluding hydrogens is 468 g/mol. The third-order valence-corrected chi connectivity index (χ3v) is 6.20. The van der Waals surface area contributed by atoms with Gasteiger partial charge in [-0.05, 0) is 23.8 Å². The first-order valence-electron chi connectivity index (χ1n) is 9.34. The normalized spacial score (nSPS) is 12.3. The van der Waals surface area contributed by atoms with Gasteiger partial charge in [-0.2, -0.15) is 0 Å². The minimum Gasteiger partial charge on any atom is -0.396 e. The van der Waals surface area contributed by atoms with Crippen molar-refractivity contribution in [2.75, 3.05) is 20.3 Å². The molecule has 0 aliphatic carbocycles. The largest absolute Gasteiger partial charge is 0.396 e. The van der Waals surface area contributed by atoms with Gasteiger partial charge in [0.25, 0.3) is 0 Å². The van der Waals surface area contributed by atoms with Crippen molar-refractivity contribution >= 4 is 40.3 Å². The lowest BCUT2D eigenvalue weighted by Gasteiger charge is -2.15. The Labute approximate surface area is 191 Å². The van der Waals surface area contributed by atoms with Crippen molar-refractivity contribution in [1.29, 1.82) is 0 Å². The topological polar surface area (TPSA) is 86.3 Å². The van der Waals surface area contributed by atoms with Gasteiger partial charge in [-0.3, -0.25) is 9.36 Å². The molecule has 2 heterocycles. The Morgan fingerprint density at radius 3 is 2.74 bits per heavy atom. The number of methoxy groups -OCH3 is 1. The molecule has 0 radical (unpaired) electrons. The number of Topliss-reactive ketones (excluding diaryl/α,β-unsaturated/α-hetero) is 1. The first-order chi connectivity index (χ1) is 14.8. The van der Waals surface area contributed by atoms with Crippen LogP contribution in [0.3, 0.4) is 0 Å². The predicted octanol–water partition coefficient (Wildman–Crippen LogP) is 3.60. The van der Waals surface area contributed by atoms with E-state index >= 15 is 0 Å². The van der Waals surface area contributed by atoms with Crippen molar-refractivity contribution in [2.45, 2.75) is 25.4 Å². The van der Waals surface area contributed by atoms with Gasteiger partial charge >= 0.3 is 5.69 Å². The fourth-order valence-electron chi connectivity index (χ4n) is 3.16. The lowest BCUT2D eigenvalue weighted by atomic mass is 9.94. The van der Waals surface area contributed by atoms with Gasteiger partial charge in [0, 0.05) is 19.4 Å². The average Bonchev–Trinajstić information content (AvgIpc) is 3.30. The van der Waals surface area contributed by atoms with E-state index in [-0.39, 0.29) is 42.5 Å². The van der Waals surface area contributed by atoms with Gasteiger partial charge in [0.1, 0.15) is 12.4 Å². The van der Waals surface area contributed by atoms with Crippen LogP contribution >= 0.6 is 34.5 Å². The highest BCUT2D eigenvalue weighted by Gasteiger charge is 2.23.